The Hall–Kier alpha value is -2.18. The lowest BCUT2D eigenvalue weighted by atomic mass is 10.1. The van der Waals surface area contributed by atoms with Crippen LogP contribution in [0.3, 0.4) is 0 Å². The molecule has 1 aliphatic heterocycles. The maximum atomic E-state index is 12.2. The van der Waals surface area contributed by atoms with Crippen molar-refractivity contribution in [2.45, 2.75) is 13.0 Å². The molecular formula is C17H21N3O3. The minimum Gasteiger partial charge on any atom is -0.465 e. The molecule has 0 unspecified atom stereocenters. The standard InChI is InChI=1S/C17H21N3O3/c1-13-4-5-16(23-13)15(20-7-9-22-10-8-20)12-19-17(21)14-3-2-6-18-11-14/h2-6,11,15H,7-10,12H2,1H3,(H,19,21)/t15-/m1/s1. The number of aryl methyl sites for hydroxylation is 1. The lowest BCUT2D eigenvalue weighted by Crippen LogP contribution is -2.43. The highest BCUT2D eigenvalue weighted by atomic mass is 16.5. The molecule has 0 saturated carbocycles. The lowest BCUT2D eigenvalue weighted by Gasteiger charge is -2.33. The normalized spacial score (nSPS) is 16.9. The SMILES string of the molecule is Cc1ccc([C@@H](CNC(=O)c2cccnc2)N2CCOCC2)o1. The van der Waals surface area contributed by atoms with Gasteiger partial charge in [0.2, 0.25) is 0 Å². The Kier molecular flexibility index (Phi) is 5.05. The van der Waals surface area contributed by atoms with E-state index in [9.17, 15) is 4.79 Å². The Labute approximate surface area is 135 Å². The van der Waals surface area contributed by atoms with E-state index in [-0.39, 0.29) is 11.9 Å². The molecule has 2 aromatic rings. The zero-order chi connectivity index (χ0) is 16.1. The van der Waals surface area contributed by atoms with Crippen molar-refractivity contribution in [2.24, 2.45) is 0 Å². The van der Waals surface area contributed by atoms with Gasteiger partial charge in [0.1, 0.15) is 11.5 Å². The van der Waals surface area contributed by atoms with Gasteiger partial charge in [-0.2, -0.15) is 0 Å². The fourth-order valence-corrected chi connectivity index (χ4v) is 2.72. The second kappa shape index (κ2) is 7.39. The highest BCUT2D eigenvalue weighted by molar-refractivity contribution is 5.93. The van der Waals surface area contributed by atoms with Crippen LogP contribution in [0.5, 0.6) is 0 Å². The van der Waals surface area contributed by atoms with Crippen LogP contribution in [0.15, 0.2) is 41.1 Å². The van der Waals surface area contributed by atoms with E-state index in [0.717, 1.165) is 24.6 Å². The molecule has 3 rings (SSSR count). The van der Waals surface area contributed by atoms with Crippen molar-refractivity contribution in [1.82, 2.24) is 15.2 Å². The monoisotopic (exact) mass is 315 g/mol. The number of ether oxygens (including phenoxy) is 1. The van der Waals surface area contributed by atoms with Crippen molar-refractivity contribution < 1.29 is 13.9 Å². The topological polar surface area (TPSA) is 67.6 Å². The Morgan fingerprint density at radius 3 is 2.83 bits per heavy atom. The van der Waals surface area contributed by atoms with Crippen molar-refractivity contribution >= 4 is 5.91 Å². The van der Waals surface area contributed by atoms with Gasteiger partial charge in [0.05, 0.1) is 24.8 Å². The number of nitrogens with zero attached hydrogens (tertiary/aromatic N) is 2. The molecule has 0 bridgehead atoms. The lowest BCUT2D eigenvalue weighted by molar-refractivity contribution is 0.0117. The molecule has 122 valence electrons. The van der Waals surface area contributed by atoms with Gasteiger partial charge < -0.3 is 14.5 Å². The molecular weight excluding hydrogens is 294 g/mol. The molecule has 0 aliphatic carbocycles. The van der Waals surface area contributed by atoms with Crippen LogP contribution in [0.25, 0.3) is 0 Å². The van der Waals surface area contributed by atoms with Gasteiger partial charge in [-0.3, -0.25) is 14.7 Å². The Morgan fingerprint density at radius 2 is 2.17 bits per heavy atom. The molecule has 1 atom stereocenters. The Balaban J connectivity index is 1.69. The van der Waals surface area contributed by atoms with E-state index in [1.165, 1.54) is 0 Å². The molecule has 6 nitrogen and oxygen atoms in total. The van der Waals surface area contributed by atoms with E-state index in [4.69, 9.17) is 9.15 Å². The number of nitrogens with one attached hydrogen (secondary N) is 1. The molecule has 0 aromatic carbocycles. The van der Waals surface area contributed by atoms with Crippen LogP contribution in [-0.2, 0) is 4.74 Å². The van der Waals surface area contributed by atoms with E-state index >= 15 is 0 Å². The number of rotatable bonds is 5. The highest BCUT2D eigenvalue weighted by Gasteiger charge is 2.25. The van der Waals surface area contributed by atoms with Crippen LogP contribution < -0.4 is 5.32 Å². The first-order valence-electron chi connectivity index (χ1n) is 7.80. The maximum absolute atomic E-state index is 12.2. The molecule has 3 heterocycles. The predicted molar refractivity (Wildman–Crippen MR) is 85.1 cm³/mol. The summed E-state index contributed by atoms with van der Waals surface area (Å²) in [6.45, 7) is 5.47. The number of pyridine rings is 1. The maximum Gasteiger partial charge on any atom is 0.252 e. The Morgan fingerprint density at radius 1 is 1.35 bits per heavy atom. The summed E-state index contributed by atoms with van der Waals surface area (Å²) in [6, 6.07) is 7.44. The van der Waals surface area contributed by atoms with E-state index < -0.39 is 0 Å². The average Bonchev–Trinajstić information content (AvgIpc) is 3.03. The van der Waals surface area contributed by atoms with Crippen molar-refractivity contribution in [3.05, 3.63) is 53.7 Å². The van der Waals surface area contributed by atoms with E-state index in [1.54, 1.807) is 24.5 Å². The summed E-state index contributed by atoms with van der Waals surface area (Å²) in [6.07, 6.45) is 3.22. The summed E-state index contributed by atoms with van der Waals surface area (Å²) in [7, 11) is 0. The number of hydrogen-bond donors (Lipinski definition) is 1. The van der Waals surface area contributed by atoms with Gasteiger partial charge in [-0.1, -0.05) is 0 Å². The third-order valence-corrected chi connectivity index (χ3v) is 3.96. The quantitative estimate of drug-likeness (QED) is 0.911. The largest absolute Gasteiger partial charge is 0.465 e. The summed E-state index contributed by atoms with van der Waals surface area (Å²) in [5.74, 6) is 1.62. The van der Waals surface area contributed by atoms with Crippen LogP contribution in [-0.4, -0.2) is 48.6 Å². The van der Waals surface area contributed by atoms with Gasteiger partial charge in [0.25, 0.3) is 5.91 Å². The van der Waals surface area contributed by atoms with E-state index in [2.05, 4.69) is 15.2 Å². The molecule has 1 fully saturated rings. The smallest absolute Gasteiger partial charge is 0.252 e. The number of furan rings is 1. The average molecular weight is 315 g/mol. The summed E-state index contributed by atoms with van der Waals surface area (Å²) in [5, 5.41) is 2.98. The van der Waals surface area contributed by atoms with Crippen molar-refractivity contribution in [3.8, 4) is 0 Å². The zero-order valence-electron chi connectivity index (χ0n) is 13.2. The Bertz CT molecular complexity index is 636. The van der Waals surface area contributed by atoms with Crippen LogP contribution in [0.2, 0.25) is 0 Å². The number of aromatic nitrogens is 1. The number of carbonyl (C=O) groups excluding carboxylic acids is 1. The second-order valence-corrected chi connectivity index (χ2v) is 5.56. The third-order valence-electron chi connectivity index (χ3n) is 3.96. The fraction of sp³-hybridized carbons (Fsp3) is 0.412. The van der Waals surface area contributed by atoms with Crippen LogP contribution in [0.4, 0.5) is 0 Å². The molecule has 6 heteroatoms. The highest BCUT2D eigenvalue weighted by Crippen LogP contribution is 2.23. The summed E-state index contributed by atoms with van der Waals surface area (Å²) in [4.78, 5) is 18.5. The molecule has 1 saturated heterocycles. The minimum absolute atomic E-state index is 0.00761. The zero-order valence-corrected chi connectivity index (χ0v) is 13.2. The first-order chi connectivity index (χ1) is 11.2. The van der Waals surface area contributed by atoms with Crippen LogP contribution in [0, 0.1) is 6.92 Å². The minimum atomic E-state index is -0.125. The van der Waals surface area contributed by atoms with Gasteiger partial charge in [0, 0.05) is 32.0 Å². The van der Waals surface area contributed by atoms with E-state index in [1.807, 2.05) is 19.1 Å². The molecule has 23 heavy (non-hydrogen) atoms. The third kappa shape index (κ3) is 3.97. The molecule has 0 radical (unpaired) electrons. The molecule has 1 N–H and O–H groups in total. The second-order valence-electron chi connectivity index (χ2n) is 5.56. The van der Waals surface area contributed by atoms with Gasteiger partial charge in [-0.05, 0) is 31.2 Å². The summed E-state index contributed by atoms with van der Waals surface area (Å²) < 4.78 is 11.2. The fourth-order valence-electron chi connectivity index (χ4n) is 2.72. The van der Waals surface area contributed by atoms with Crippen molar-refractivity contribution in [1.29, 1.82) is 0 Å². The summed E-state index contributed by atoms with van der Waals surface area (Å²) in [5.41, 5.74) is 0.559. The van der Waals surface area contributed by atoms with Crippen LogP contribution >= 0.6 is 0 Å². The van der Waals surface area contributed by atoms with Crippen molar-refractivity contribution in [3.63, 3.8) is 0 Å². The molecule has 1 amide bonds. The first kappa shape index (κ1) is 15.7. The molecule has 0 spiro atoms. The van der Waals surface area contributed by atoms with Crippen LogP contribution in [0.1, 0.15) is 27.9 Å². The van der Waals surface area contributed by atoms with Gasteiger partial charge in [-0.25, -0.2) is 0 Å². The summed E-state index contributed by atoms with van der Waals surface area (Å²) >= 11 is 0. The predicted octanol–water partition coefficient (Wildman–Crippen LogP) is 1.79. The van der Waals surface area contributed by atoms with Gasteiger partial charge >= 0.3 is 0 Å². The number of morpholine rings is 1. The first-order valence-corrected chi connectivity index (χ1v) is 7.80. The number of hydrogen-bond acceptors (Lipinski definition) is 5. The van der Waals surface area contributed by atoms with Gasteiger partial charge in [0.15, 0.2) is 0 Å². The van der Waals surface area contributed by atoms with Gasteiger partial charge in [-0.15, -0.1) is 0 Å². The molecule has 1 aliphatic rings. The number of carbonyl (C=O) groups is 1. The van der Waals surface area contributed by atoms with Crippen molar-refractivity contribution in [2.75, 3.05) is 32.8 Å². The number of amides is 1. The van der Waals surface area contributed by atoms with E-state index in [0.29, 0.717) is 25.3 Å². The molecule has 2 aromatic heterocycles.